The number of hydrogen-bond donors (Lipinski definition) is 2. The van der Waals surface area contributed by atoms with Crippen molar-refractivity contribution in [1.82, 2.24) is 9.97 Å². The van der Waals surface area contributed by atoms with Gasteiger partial charge in [0, 0.05) is 18.0 Å². The first-order valence-electron chi connectivity index (χ1n) is 10.4. The number of benzene rings is 1. The monoisotopic (exact) mass is 391 g/mol. The summed E-state index contributed by atoms with van der Waals surface area (Å²) in [6, 6.07) is 14.7. The maximum absolute atomic E-state index is 5.58. The molecule has 1 aromatic carbocycles. The Labute approximate surface area is 172 Å². The molecule has 1 saturated carbocycles. The van der Waals surface area contributed by atoms with Crippen molar-refractivity contribution in [1.29, 1.82) is 0 Å². The molecule has 2 aromatic heterocycles. The van der Waals surface area contributed by atoms with E-state index in [1.54, 1.807) is 14.2 Å². The summed E-state index contributed by atoms with van der Waals surface area (Å²) in [6.07, 6.45) is 9.57. The van der Waals surface area contributed by atoms with Gasteiger partial charge in [0.15, 0.2) is 0 Å². The highest BCUT2D eigenvalue weighted by Gasteiger charge is 2.13. The molecule has 4 rings (SSSR count). The number of aromatic amines is 2. The van der Waals surface area contributed by atoms with Gasteiger partial charge in [-0.25, -0.2) is 0 Å². The number of H-pyrrole nitrogens is 2. The normalized spacial score (nSPS) is 15.5. The zero-order valence-corrected chi connectivity index (χ0v) is 17.2. The van der Waals surface area contributed by atoms with Gasteiger partial charge in [-0.05, 0) is 54.8 Å². The van der Waals surface area contributed by atoms with Crippen molar-refractivity contribution in [3.8, 4) is 34.1 Å². The first-order valence-corrected chi connectivity index (χ1v) is 10.4. The van der Waals surface area contributed by atoms with Crippen LogP contribution in [0.5, 0.6) is 11.5 Å². The number of nitrogens with one attached hydrogen (secondary N) is 2. The van der Waals surface area contributed by atoms with Crippen LogP contribution in [0, 0.1) is 0 Å². The second-order valence-corrected chi connectivity index (χ2v) is 7.60. The van der Waals surface area contributed by atoms with Crippen molar-refractivity contribution in [2.24, 2.45) is 4.99 Å². The third kappa shape index (κ3) is 4.56. The minimum atomic E-state index is 0.432. The Morgan fingerprint density at radius 1 is 0.828 bits per heavy atom. The van der Waals surface area contributed by atoms with E-state index in [0.29, 0.717) is 6.04 Å². The molecule has 5 heteroatoms. The molecule has 5 nitrogen and oxygen atoms in total. The summed E-state index contributed by atoms with van der Waals surface area (Å²) in [5, 5.41) is 0. The minimum Gasteiger partial charge on any atom is -0.497 e. The quantitative estimate of drug-likeness (QED) is 0.410. The molecular weight excluding hydrogens is 362 g/mol. The molecule has 29 heavy (non-hydrogen) atoms. The molecule has 0 atom stereocenters. The number of nitrogens with zero attached hydrogens (tertiary/aromatic N) is 1. The molecular formula is C24H29N3O2. The molecule has 0 bridgehead atoms. The van der Waals surface area contributed by atoms with Gasteiger partial charge in [0.25, 0.3) is 0 Å². The molecule has 3 aromatic rings. The highest BCUT2D eigenvalue weighted by Crippen LogP contribution is 2.29. The molecule has 0 amide bonds. The Bertz CT molecular complexity index is 945. The topological polar surface area (TPSA) is 62.4 Å². The van der Waals surface area contributed by atoms with Gasteiger partial charge in [-0.3, -0.25) is 4.99 Å². The van der Waals surface area contributed by atoms with Crippen LogP contribution in [0.3, 0.4) is 0 Å². The smallest absolute Gasteiger partial charge is 0.146 e. The Morgan fingerprint density at radius 3 is 2.24 bits per heavy atom. The summed E-state index contributed by atoms with van der Waals surface area (Å²) >= 11 is 0. The lowest BCUT2D eigenvalue weighted by atomic mass is 10.1. The number of hydrogen-bond acceptors (Lipinski definition) is 3. The molecule has 0 saturated heterocycles. The summed E-state index contributed by atoms with van der Waals surface area (Å²) in [5.74, 6) is 1.67. The third-order valence-electron chi connectivity index (χ3n) is 5.65. The van der Waals surface area contributed by atoms with Gasteiger partial charge in [-0.1, -0.05) is 25.7 Å². The van der Waals surface area contributed by atoms with Gasteiger partial charge in [-0.2, -0.15) is 0 Å². The number of ether oxygens (including phenoxy) is 2. The van der Waals surface area contributed by atoms with E-state index in [1.807, 2.05) is 24.4 Å². The second kappa shape index (κ2) is 9.03. The van der Waals surface area contributed by atoms with E-state index in [2.05, 4.69) is 34.2 Å². The van der Waals surface area contributed by atoms with Crippen LogP contribution in [0.25, 0.3) is 22.6 Å². The lowest BCUT2D eigenvalue weighted by Crippen LogP contribution is -2.03. The van der Waals surface area contributed by atoms with Crippen LogP contribution in [0.15, 0.2) is 47.5 Å². The summed E-state index contributed by atoms with van der Waals surface area (Å²) in [4.78, 5) is 11.8. The number of aromatic nitrogens is 2. The van der Waals surface area contributed by atoms with Gasteiger partial charge in [0.05, 0.1) is 37.3 Å². The van der Waals surface area contributed by atoms with Gasteiger partial charge >= 0.3 is 0 Å². The van der Waals surface area contributed by atoms with Crippen LogP contribution < -0.4 is 9.47 Å². The van der Waals surface area contributed by atoms with Crippen molar-refractivity contribution in [3.05, 3.63) is 48.2 Å². The van der Waals surface area contributed by atoms with Crippen molar-refractivity contribution < 1.29 is 9.47 Å². The van der Waals surface area contributed by atoms with Gasteiger partial charge < -0.3 is 19.4 Å². The minimum absolute atomic E-state index is 0.432. The van der Waals surface area contributed by atoms with Crippen molar-refractivity contribution in [2.45, 2.75) is 44.6 Å². The molecule has 0 radical (unpaired) electrons. The van der Waals surface area contributed by atoms with Gasteiger partial charge in [0.1, 0.15) is 11.5 Å². The molecule has 0 aliphatic heterocycles. The van der Waals surface area contributed by atoms with Crippen LogP contribution in [0.1, 0.15) is 44.2 Å². The molecule has 1 fully saturated rings. The van der Waals surface area contributed by atoms with E-state index < -0.39 is 0 Å². The summed E-state index contributed by atoms with van der Waals surface area (Å²) in [6.45, 7) is 0. The fourth-order valence-electron chi connectivity index (χ4n) is 3.94. The lowest BCUT2D eigenvalue weighted by Gasteiger charge is -2.07. The molecule has 2 N–H and O–H groups in total. The summed E-state index contributed by atoms with van der Waals surface area (Å²) < 4.78 is 10.8. The van der Waals surface area contributed by atoms with E-state index in [9.17, 15) is 0 Å². The highest BCUT2D eigenvalue weighted by molar-refractivity contribution is 5.84. The van der Waals surface area contributed by atoms with E-state index >= 15 is 0 Å². The van der Waals surface area contributed by atoms with Crippen LogP contribution in [-0.4, -0.2) is 36.4 Å². The lowest BCUT2D eigenvalue weighted by molar-refractivity contribution is 0.414. The van der Waals surface area contributed by atoms with Crippen molar-refractivity contribution in [3.63, 3.8) is 0 Å². The van der Waals surface area contributed by atoms with Crippen LogP contribution >= 0.6 is 0 Å². The zero-order valence-electron chi connectivity index (χ0n) is 17.2. The molecule has 0 spiro atoms. The molecule has 1 aliphatic carbocycles. The molecule has 152 valence electrons. The molecule has 0 unspecified atom stereocenters. The number of aliphatic imine (C=N–C) groups is 1. The first-order chi connectivity index (χ1) is 14.3. The predicted molar refractivity (Wildman–Crippen MR) is 118 cm³/mol. The molecule has 2 heterocycles. The largest absolute Gasteiger partial charge is 0.497 e. The SMILES string of the molecule is COc1ccc(-c2ccc(-c3cc(OC)c(C=NC4CCCCCC4)[nH]3)[nH]2)cc1. The summed E-state index contributed by atoms with van der Waals surface area (Å²) in [7, 11) is 3.38. The van der Waals surface area contributed by atoms with Gasteiger partial charge in [-0.15, -0.1) is 0 Å². The Morgan fingerprint density at radius 2 is 1.55 bits per heavy atom. The van der Waals surface area contributed by atoms with Crippen molar-refractivity contribution in [2.75, 3.05) is 14.2 Å². The maximum Gasteiger partial charge on any atom is 0.146 e. The van der Waals surface area contributed by atoms with Crippen molar-refractivity contribution >= 4 is 6.21 Å². The fourth-order valence-corrected chi connectivity index (χ4v) is 3.94. The fraction of sp³-hybridized carbons (Fsp3) is 0.375. The van der Waals surface area contributed by atoms with E-state index in [-0.39, 0.29) is 0 Å². The van der Waals surface area contributed by atoms with E-state index in [1.165, 1.54) is 38.5 Å². The Hall–Kier alpha value is -2.95. The average Bonchev–Trinajstić information content (AvgIpc) is 3.33. The zero-order chi connectivity index (χ0) is 20.1. The Balaban J connectivity index is 1.54. The highest BCUT2D eigenvalue weighted by atomic mass is 16.5. The molecule has 1 aliphatic rings. The standard InChI is InChI=1S/C24H29N3O2/c1-28-19-11-9-17(10-12-19)20-13-14-21(26-20)22-15-24(29-2)23(27-22)16-25-18-7-5-3-4-6-8-18/h9-16,18,26-27H,3-8H2,1-2H3. The van der Waals surface area contributed by atoms with Crippen LogP contribution in [0.2, 0.25) is 0 Å². The summed E-state index contributed by atoms with van der Waals surface area (Å²) in [5.41, 5.74) is 5.11. The van der Waals surface area contributed by atoms with E-state index in [0.717, 1.165) is 39.8 Å². The maximum atomic E-state index is 5.58. The third-order valence-corrected chi connectivity index (χ3v) is 5.65. The second-order valence-electron chi connectivity index (χ2n) is 7.60. The van der Waals surface area contributed by atoms with Gasteiger partial charge in [0.2, 0.25) is 0 Å². The first kappa shape index (κ1) is 19.4. The average molecular weight is 392 g/mol. The Kier molecular flexibility index (Phi) is 6.03. The van der Waals surface area contributed by atoms with E-state index in [4.69, 9.17) is 14.5 Å². The van der Waals surface area contributed by atoms with Crippen LogP contribution in [-0.2, 0) is 0 Å². The number of methoxy groups -OCH3 is 2. The van der Waals surface area contributed by atoms with Crippen LogP contribution in [0.4, 0.5) is 0 Å². The predicted octanol–water partition coefficient (Wildman–Crippen LogP) is 5.84. The number of rotatable bonds is 6.